The Hall–Kier alpha value is -2.35. The summed E-state index contributed by atoms with van der Waals surface area (Å²) >= 11 is 0. The highest BCUT2D eigenvalue weighted by Gasteiger charge is 2.51. The van der Waals surface area contributed by atoms with E-state index in [1.165, 1.54) is 64.9 Å². The van der Waals surface area contributed by atoms with Crippen molar-refractivity contribution in [2.75, 3.05) is 6.61 Å². The highest BCUT2D eigenvalue weighted by molar-refractivity contribution is 6.65. The second-order valence-electron chi connectivity index (χ2n) is 8.14. The lowest BCUT2D eigenvalue weighted by Crippen LogP contribution is -2.50. The van der Waals surface area contributed by atoms with Crippen molar-refractivity contribution in [2.24, 2.45) is 5.92 Å². The lowest BCUT2D eigenvalue weighted by Gasteiger charge is -2.28. The maximum Gasteiger partial charge on any atom is 0.708 e. The van der Waals surface area contributed by atoms with Gasteiger partial charge in [-0.05, 0) is 55.2 Å². The van der Waals surface area contributed by atoms with Gasteiger partial charge in [0.25, 0.3) is 17.9 Å². The molecular formula is C23H34O7Si. The van der Waals surface area contributed by atoms with Crippen LogP contribution < -0.4 is 4.74 Å². The van der Waals surface area contributed by atoms with Crippen molar-refractivity contribution in [1.82, 2.24) is 0 Å². The molecule has 2 rings (SSSR count). The third-order valence-corrected chi connectivity index (χ3v) is 8.08. The molecule has 0 N–H and O–H groups in total. The molecule has 1 aliphatic rings. The van der Waals surface area contributed by atoms with Crippen LogP contribution in [0.3, 0.4) is 0 Å². The first-order chi connectivity index (χ1) is 14.7. The molecule has 0 heterocycles. The summed E-state index contributed by atoms with van der Waals surface area (Å²) in [4.78, 5) is 34.5. The van der Waals surface area contributed by atoms with Crippen LogP contribution in [0.15, 0.2) is 24.3 Å². The van der Waals surface area contributed by atoms with Gasteiger partial charge in [-0.3, -0.25) is 14.4 Å². The third-order valence-electron chi connectivity index (χ3n) is 5.47. The minimum atomic E-state index is -3.86. The first-order valence-electron chi connectivity index (χ1n) is 11.0. The molecule has 0 spiro atoms. The molecule has 1 aliphatic carbocycles. The predicted octanol–water partition coefficient (Wildman–Crippen LogP) is 4.77. The number of carbonyl (C=O) groups excluding carboxylic acids is 3. The van der Waals surface area contributed by atoms with E-state index < -0.39 is 26.7 Å². The Kier molecular flexibility index (Phi) is 9.55. The van der Waals surface area contributed by atoms with Crippen molar-refractivity contribution in [3.63, 3.8) is 0 Å². The van der Waals surface area contributed by atoms with E-state index in [1.54, 1.807) is 0 Å². The van der Waals surface area contributed by atoms with Crippen molar-refractivity contribution in [1.29, 1.82) is 0 Å². The number of hydrogen-bond acceptors (Lipinski definition) is 7. The monoisotopic (exact) mass is 450 g/mol. The van der Waals surface area contributed by atoms with Gasteiger partial charge in [-0.25, -0.2) is 0 Å². The molecule has 0 amide bonds. The predicted molar refractivity (Wildman–Crippen MR) is 117 cm³/mol. The highest BCUT2D eigenvalue weighted by Crippen LogP contribution is 2.37. The van der Waals surface area contributed by atoms with Crippen LogP contribution >= 0.6 is 0 Å². The Morgan fingerprint density at radius 2 is 1.39 bits per heavy atom. The Morgan fingerprint density at radius 3 is 1.84 bits per heavy atom. The van der Waals surface area contributed by atoms with Crippen LogP contribution in [0.1, 0.15) is 77.7 Å². The van der Waals surface area contributed by atoms with Gasteiger partial charge in [-0.1, -0.05) is 31.9 Å². The molecule has 0 radical (unpaired) electrons. The van der Waals surface area contributed by atoms with Gasteiger partial charge in [0.15, 0.2) is 0 Å². The van der Waals surface area contributed by atoms with Gasteiger partial charge in [0.2, 0.25) is 0 Å². The lowest BCUT2D eigenvalue weighted by atomic mass is 9.77. The van der Waals surface area contributed by atoms with Crippen LogP contribution in [0.5, 0.6) is 5.75 Å². The van der Waals surface area contributed by atoms with E-state index in [2.05, 4.69) is 19.1 Å². The molecule has 0 saturated heterocycles. The zero-order valence-corrected chi connectivity index (χ0v) is 20.0. The van der Waals surface area contributed by atoms with E-state index in [0.29, 0.717) is 11.7 Å². The molecule has 1 fully saturated rings. The summed E-state index contributed by atoms with van der Waals surface area (Å²) in [5.41, 5.74) is 1.32. The number of benzene rings is 1. The fourth-order valence-corrected chi connectivity index (χ4v) is 6.29. The van der Waals surface area contributed by atoms with E-state index in [9.17, 15) is 14.4 Å². The summed E-state index contributed by atoms with van der Waals surface area (Å²) in [6, 6.07) is 8.00. The molecule has 1 aromatic carbocycles. The highest BCUT2D eigenvalue weighted by atomic mass is 28.4. The number of rotatable bonds is 10. The molecule has 0 unspecified atom stereocenters. The van der Waals surface area contributed by atoms with E-state index in [1.807, 2.05) is 12.1 Å². The third kappa shape index (κ3) is 8.36. The first kappa shape index (κ1) is 24.9. The molecule has 1 saturated carbocycles. The van der Waals surface area contributed by atoms with Gasteiger partial charge in [0.05, 0.1) is 12.7 Å². The Morgan fingerprint density at radius 1 is 0.871 bits per heavy atom. The van der Waals surface area contributed by atoms with Gasteiger partial charge in [-0.15, -0.1) is 0 Å². The van der Waals surface area contributed by atoms with Crippen molar-refractivity contribution in [3.8, 4) is 5.75 Å². The zero-order chi connectivity index (χ0) is 22.9. The van der Waals surface area contributed by atoms with Crippen molar-refractivity contribution in [2.45, 2.75) is 78.2 Å². The number of hydrogen-bond donors (Lipinski definition) is 0. The second-order valence-corrected chi connectivity index (χ2v) is 10.6. The van der Waals surface area contributed by atoms with E-state index >= 15 is 0 Å². The van der Waals surface area contributed by atoms with E-state index in [4.69, 9.17) is 18.0 Å². The average molecular weight is 451 g/mol. The standard InChI is InChI=1S/C23H34O7Si/c1-5-6-20-7-9-21(10-8-20)22-11-13-23(14-12-22)27-15-16-31(28-17(2)24,29-18(3)25)30-19(4)26/h11-14,20-21H,5-10,15-16H2,1-4H3/t20-,21-. The van der Waals surface area contributed by atoms with Gasteiger partial charge in [0, 0.05) is 20.8 Å². The van der Waals surface area contributed by atoms with Gasteiger partial charge < -0.3 is 18.0 Å². The van der Waals surface area contributed by atoms with Crippen molar-refractivity contribution in [3.05, 3.63) is 29.8 Å². The van der Waals surface area contributed by atoms with Crippen LogP contribution in [-0.4, -0.2) is 33.3 Å². The summed E-state index contributed by atoms with van der Waals surface area (Å²) < 4.78 is 21.2. The number of ether oxygens (including phenoxy) is 1. The van der Waals surface area contributed by atoms with E-state index in [-0.39, 0.29) is 12.7 Å². The summed E-state index contributed by atoms with van der Waals surface area (Å²) in [5.74, 6) is 0.0605. The summed E-state index contributed by atoms with van der Waals surface area (Å²) in [6.07, 6.45) is 7.65. The van der Waals surface area contributed by atoms with Crippen LogP contribution in [0.4, 0.5) is 0 Å². The van der Waals surface area contributed by atoms with Gasteiger partial charge in [0.1, 0.15) is 5.75 Å². The first-order valence-corrected chi connectivity index (χ1v) is 13.0. The van der Waals surface area contributed by atoms with Crippen molar-refractivity contribution >= 4 is 26.7 Å². The van der Waals surface area contributed by atoms with Crippen LogP contribution in [-0.2, 0) is 27.7 Å². The lowest BCUT2D eigenvalue weighted by molar-refractivity contribution is -0.147. The fraction of sp³-hybridized carbons (Fsp3) is 0.609. The molecule has 31 heavy (non-hydrogen) atoms. The Balaban J connectivity index is 1.94. The molecule has 0 atom stereocenters. The van der Waals surface area contributed by atoms with Crippen LogP contribution in [0.2, 0.25) is 6.04 Å². The number of carbonyl (C=O) groups is 3. The fourth-order valence-electron chi connectivity index (χ4n) is 4.20. The second kappa shape index (κ2) is 11.9. The maximum atomic E-state index is 11.5. The normalized spacial score (nSPS) is 18.7. The topological polar surface area (TPSA) is 88.1 Å². The minimum absolute atomic E-state index is 0.0189. The maximum absolute atomic E-state index is 11.5. The zero-order valence-electron chi connectivity index (χ0n) is 19.0. The molecule has 8 heteroatoms. The molecule has 0 bridgehead atoms. The molecule has 0 aromatic heterocycles. The molecule has 172 valence electrons. The molecule has 1 aromatic rings. The largest absolute Gasteiger partial charge is 0.708 e. The molecule has 0 aliphatic heterocycles. The average Bonchev–Trinajstić information content (AvgIpc) is 2.68. The Labute approximate surface area is 185 Å². The summed E-state index contributed by atoms with van der Waals surface area (Å²) in [5, 5.41) is 0. The smallest absolute Gasteiger partial charge is 0.493 e. The molecular weight excluding hydrogens is 416 g/mol. The minimum Gasteiger partial charge on any atom is -0.493 e. The van der Waals surface area contributed by atoms with Crippen LogP contribution in [0, 0.1) is 5.92 Å². The SMILES string of the molecule is CCC[C@H]1CC[C@H](c2ccc(OCC[Si](OC(C)=O)(OC(C)=O)OC(C)=O)cc2)CC1. The summed E-state index contributed by atoms with van der Waals surface area (Å²) in [6.45, 7) is 5.84. The van der Waals surface area contributed by atoms with Gasteiger partial charge >= 0.3 is 8.80 Å². The van der Waals surface area contributed by atoms with E-state index in [0.717, 1.165) is 5.92 Å². The van der Waals surface area contributed by atoms with Crippen LogP contribution in [0.25, 0.3) is 0 Å². The molecule has 7 nitrogen and oxygen atoms in total. The Bertz CT molecular complexity index is 698. The van der Waals surface area contributed by atoms with Gasteiger partial charge in [-0.2, -0.15) is 0 Å². The quantitative estimate of drug-likeness (QED) is 0.475. The summed E-state index contributed by atoms with van der Waals surface area (Å²) in [7, 11) is -3.86. The van der Waals surface area contributed by atoms with Crippen molar-refractivity contribution < 1.29 is 32.4 Å².